The molecule has 0 atom stereocenters. The van der Waals surface area contributed by atoms with E-state index in [0.717, 1.165) is 21.6 Å². The molecule has 1 amide bonds. The Morgan fingerprint density at radius 2 is 1.39 bits per heavy atom. The van der Waals surface area contributed by atoms with Crippen molar-refractivity contribution < 1.29 is 14.6 Å². The molecule has 1 N–H and O–H groups in total. The molecule has 2 aromatic heterocycles. The summed E-state index contributed by atoms with van der Waals surface area (Å²) in [5, 5.41) is 15.2. The number of rotatable bonds is 6. The maximum absolute atomic E-state index is 11.9. The van der Waals surface area contributed by atoms with Gasteiger partial charge in [0, 0.05) is 13.1 Å². The lowest BCUT2D eigenvalue weighted by molar-refractivity contribution is 0.203. The number of amides is 1. The first-order valence-corrected chi connectivity index (χ1v) is 11.6. The average Bonchev–Trinajstić information content (AvgIpc) is 3.29. The second kappa shape index (κ2) is 9.36. The number of aromatic nitrogens is 3. The molecule has 36 heavy (non-hydrogen) atoms. The van der Waals surface area contributed by atoms with Crippen LogP contribution in [0.5, 0.6) is 5.88 Å². The quantitative estimate of drug-likeness (QED) is 0.228. The van der Waals surface area contributed by atoms with Gasteiger partial charge < -0.3 is 9.84 Å². The number of benzene rings is 3. The van der Waals surface area contributed by atoms with Gasteiger partial charge in [0.15, 0.2) is 5.82 Å². The van der Waals surface area contributed by atoms with Crippen molar-refractivity contribution in [3.05, 3.63) is 119 Å². The van der Waals surface area contributed by atoms with Crippen LogP contribution >= 0.6 is 11.6 Å². The summed E-state index contributed by atoms with van der Waals surface area (Å²) in [5.74, 6) is 0.376. The Morgan fingerprint density at radius 1 is 0.917 bits per heavy atom. The van der Waals surface area contributed by atoms with Crippen molar-refractivity contribution in [1.82, 2.24) is 14.8 Å². The fraction of sp³-hybridized carbons (Fsp3) is 0.107. The van der Waals surface area contributed by atoms with Crippen LogP contribution in [0, 0.1) is 0 Å². The summed E-state index contributed by atoms with van der Waals surface area (Å²) in [5.41, 5.74) is 2.50. The van der Waals surface area contributed by atoms with Gasteiger partial charge in [0.05, 0.1) is 12.6 Å². The standard InChI is InChI=1S/C28H23ClN4O3/c1-32(27(34)35)25-24-22(18-23(29)30-25)33(31-26(24)36-2)28(19-12-6-3-7-13-19,20-14-8-4-9-15-20)21-16-10-5-11-17-21/h3-18H,1-2H3,(H,34,35). The number of halogens is 1. The van der Waals surface area contributed by atoms with Gasteiger partial charge >= 0.3 is 6.09 Å². The zero-order chi connectivity index (χ0) is 25.3. The van der Waals surface area contributed by atoms with Gasteiger partial charge in [0.2, 0.25) is 5.88 Å². The predicted molar refractivity (Wildman–Crippen MR) is 140 cm³/mol. The summed E-state index contributed by atoms with van der Waals surface area (Å²) < 4.78 is 7.54. The van der Waals surface area contributed by atoms with Gasteiger partial charge in [0.1, 0.15) is 16.1 Å². The molecular weight excluding hydrogens is 476 g/mol. The van der Waals surface area contributed by atoms with Gasteiger partial charge in [-0.1, -0.05) is 103 Å². The highest BCUT2D eigenvalue weighted by atomic mass is 35.5. The van der Waals surface area contributed by atoms with Crippen molar-refractivity contribution >= 4 is 34.4 Å². The van der Waals surface area contributed by atoms with Crippen molar-refractivity contribution in [2.45, 2.75) is 5.54 Å². The molecule has 0 unspecified atom stereocenters. The first kappa shape index (κ1) is 23.4. The van der Waals surface area contributed by atoms with Crippen LogP contribution in [0.3, 0.4) is 0 Å². The highest BCUT2D eigenvalue weighted by Crippen LogP contribution is 2.45. The fourth-order valence-electron chi connectivity index (χ4n) is 4.69. The maximum Gasteiger partial charge on any atom is 0.412 e. The molecule has 5 rings (SSSR count). The van der Waals surface area contributed by atoms with E-state index in [1.165, 1.54) is 14.2 Å². The Bertz CT molecular complexity index is 1430. The number of methoxy groups -OCH3 is 1. The third-order valence-electron chi connectivity index (χ3n) is 6.27. The third-order valence-corrected chi connectivity index (χ3v) is 6.47. The molecule has 5 aromatic rings. The van der Waals surface area contributed by atoms with Crippen molar-refractivity contribution in [3.8, 4) is 5.88 Å². The van der Waals surface area contributed by atoms with E-state index in [0.29, 0.717) is 10.9 Å². The van der Waals surface area contributed by atoms with E-state index >= 15 is 0 Å². The molecule has 0 saturated carbocycles. The Kier molecular flexibility index (Phi) is 6.08. The molecule has 8 heteroatoms. The first-order valence-electron chi connectivity index (χ1n) is 11.3. The fourth-order valence-corrected chi connectivity index (χ4v) is 4.88. The summed E-state index contributed by atoms with van der Waals surface area (Å²) in [7, 11) is 2.91. The maximum atomic E-state index is 11.9. The first-order chi connectivity index (χ1) is 17.5. The zero-order valence-corrected chi connectivity index (χ0v) is 20.4. The molecule has 0 saturated heterocycles. The molecule has 0 radical (unpaired) electrons. The van der Waals surface area contributed by atoms with E-state index in [9.17, 15) is 9.90 Å². The lowest BCUT2D eigenvalue weighted by Crippen LogP contribution is -2.38. The Labute approximate surface area is 213 Å². The largest absolute Gasteiger partial charge is 0.479 e. The molecule has 0 bridgehead atoms. The molecule has 0 aliphatic heterocycles. The van der Waals surface area contributed by atoms with Crippen LogP contribution in [0.15, 0.2) is 97.1 Å². The van der Waals surface area contributed by atoms with Crippen LogP contribution < -0.4 is 9.64 Å². The molecule has 2 heterocycles. The molecule has 0 aliphatic carbocycles. The number of anilines is 1. The molecule has 0 spiro atoms. The molecule has 0 fully saturated rings. The monoisotopic (exact) mass is 498 g/mol. The van der Waals surface area contributed by atoms with E-state index in [1.54, 1.807) is 6.07 Å². The van der Waals surface area contributed by atoms with Gasteiger partial charge in [0.25, 0.3) is 0 Å². The Morgan fingerprint density at radius 3 is 1.81 bits per heavy atom. The molecule has 180 valence electrons. The van der Waals surface area contributed by atoms with Crippen LogP contribution in [0.1, 0.15) is 16.7 Å². The number of hydrogen-bond acceptors (Lipinski definition) is 4. The minimum atomic E-state index is -1.18. The molecule has 7 nitrogen and oxygen atoms in total. The second-order valence-electron chi connectivity index (χ2n) is 8.23. The van der Waals surface area contributed by atoms with Gasteiger partial charge in [-0.15, -0.1) is 5.10 Å². The number of fused-ring (bicyclic) bond motifs is 1. The van der Waals surface area contributed by atoms with Crippen molar-refractivity contribution in [2.24, 2.45) is 0 Å². The minimum Gasteiger partial charge on any atom is -0.479 e. The van der Waals surface area contributed by atoms with E-state index in [1.807, 2.05) is 95.7 Å². The predicted octanol–water partition coefficient (Wildman–Crippen LogP) is 6.05. The van der Waals surface area contributed by atoms with E-state index in [2.05, 4.69) is 4.98 Å². The van der Waals surface area contributed by atoms with E-state index in [4.69, 9.17) is 21.4 Å². The Balaban J connectivity index is 2.00. The summed E-state index contributed by atoms with van der Waals surface area (Å²) >= 11 is 6.47. The van der Waals surface area contributed by atoms with Crippen molar-refractivity contribution in [1.29, 1.82) is 0 Å². The van der Waals surface area contributed by atoms with Crippen LogP contribution in [0.4, 0.5) is 10.6 Å². The van der Waals surface area contributed by atoms with Gasteiger partial charge in [-0.2, -0.15) is 0 Å². The van der Waals surface area contributed by atoms with Crippen LogP contribution in [0.2, 0.25) is 5.15 Å². The third kappa shape index (κ3) is 3.65. The average molecular weight is 499 g/mol. The lowest BCUT2D eigenvalue weighted by Gasteiger charge is -2.36. The zero-order valence-electron chi connectivity index (χ0n) is 19.7. The number of pyridine rings is 1. The topological polar surface area (TPSA) is 80.5 Å². The van der Waals surface area contributed by atoms with Crippen LogP contribution in [-0.4, -0.2) is 40.1 Å². The number of ether oxygens (including phenoxy) is 1. The molecule has 0 aliphatic rings. The lowest BCUT2D eigenvalue weighted by atomic mass is 9.77. The van der Waals surface area contributed by atoms with Gasteiger partial charge in [-0.05, 0) is 16.7 Å². The summed E-state index contributed by atoms with van der Waals surface area (Å²) in [6.07, 6.45) is -1.18. The Hall–Kier alpha value is -4.36. The summed E-state index contributed by atoms with van der Waals surface area (Å²) in [4.78, 5) is 17.2. The number of nitrogens with zero attached hydrogens (tertiary/aromatic N) is 4. The highest BCUT2D eigenvalue weighted by Gasteiger charge is 2.42. The van der Waals surface area contributed by atoms with Crippen molar-refractivity contribution in [2.75, 3.05) is 19.1 Å². The summed E-state index contributed by atoms with van der Waals surface area (Å²) in [6.45, 7) is 0. The van der Waals surface area contributed by atoms with Crippen molar-refractivity contribution in [3.63, 3.8) is 0 Å². The minimum absolute atomic E-state index is 0.135. The number of carboxylic acid groups (broad SMARTS) is 1. The van der Waals surface area contributed by atoms with Crippen LogP contribution in [-0.2, 0) is 5.54 Å². The van der Waals surface area contributed by atoms with Gasteiger partial charge in [-0.25, -0.2) is 14.5 Å². The normalized spacial score (nSPS) is 11.4. The van der Waals surface area contributed by atoms with Crippen LogP contribution in [0.25, 0.3) is 10.9 Å². The van der Waals surface area contributed by atoms with E-state index < -0.39 is 11.6 Å². The smallest absolute Gasteiger partial charge is 0.412 e. The highest BCUT2D eigenvalue weighted by molar-refractivity contribution is 6.30. The SMILES string of the molecule is COc1nn(C(c2ccccc2)(c2ccccc2)c2ccccc2)c2cc(Cl)nc(N(C)C(=O)O)c12. The number of hydrogen-bond donors (Lipinski definition) is 1. The molecule has 3 aromatic carbocycles. The van der Waals surface area contributed by atoms with E-state index in [-0.39, 0.29) is 16.9 Å². The molecular formula is C28H23ClN4O3. The van der Waals surface area contributed by atoms with Gasteiger partial charge in [-0.3, -0.25) is 4.90 Å². The second-order valence-corrected chi connectivity index (χ2v) is 8.62. The summed E-state index contributed by atoms with van der Waals surface area (Å²) in [6, 6.07) is 31.8. The number of carbonyl (C=O) groups is 1.